The van der Waals surface area contributed by atoms with Crippen LogP contribution in [-0.4, -0.2) is 20.3 Å². The van der Waals surface area contributed by atoms with Crippen molar-refractivity contribution in [1.82, 2.24) is 0 Å². The van der Waals surface area contributed by atoms with Crippen LogP contribution in [0.4, 0.5) is 32.0 Å². The van der Waals surface area contributed by atoms with E-state index >= 15 is 0 Å². The zero-order valence-electron chi connectivity index (χ0n) is 9.01. The highest BCUT2D eigenvalue weighted by atomic mass is 32.2. The molecule has 1 rings (SSSR count). The van der Waals surface area contributed by atoms with Crippen LogP contribution in [-0.2, 0) is 16.0 Å². The molecule has 0 aliphatic heterocycles. The lowest BCUT2D eigenvalue weighted by atomic mass is 10.2. The number of sulfone groups is 1. The number of benzene rings is 1. The van der Waals surface area contributed by atoms with Crippen molar-refractivity contribution in [3.8, 4) is 0 Å². The predicted molar refractivity (Wildman–Crippen MR) is 54.0 cm³/mol. The minimum atomic E-state index is -5.01. The fourth-order valence-corrected chi connectivity index (χ4v) is 2.58. The fourth-order valence-electron chi connectivity index (χ4n) is 1.30. The first-order valence-electron chi connectivity index (χ1n) is 4.59. The molecule has 0 atom stereocenters. The van der Waals surface area contributed by atoms with Crippen LogP contribution < -0.4 is 5.73 Å². The van der Waals surface area contributed by atoms with Crippen LogP contribution in [0.25, 0.3) is 0 Å². The van der Waals surface area contributed by atoms with Gasteiger partial charge in [0, 0.05) is 0 Å². The summed E-state index contributed by atoms with van der Waals surface area (Å²) < 4.78 is 95.7. The smallest absolute Gasteiger partial charge is 0.398 e. The van der Waals surface area contributed by atoms with Crippen molar-refractivity contribution in [2.75, 3.05) is 11.5 Å². The van der Waals surface area contributed by atoms with E-state index in [0.717, 1.165) is 0 Å². The first-order valence-corrected chi connectivity index (χ1v) is 6.24. The molecule has 1 aromatic rings. The van der Waals surface area contributed by atoms with Gasteiger partial charge in [-0.25, -0.2) is 8.42 Å². The molecule has 0 aliphatic rings. The van der Waals surface area contributed by atoms with Crippen molar-refractivity contribution in [2.24, 2.45) is 0 Å². The Kier molecular flexibility index (Phi) is 3.76. The lowest BCUT2D eigenvalue weighted by Gasteiger charge is -2.12. The molecule has 108 valence electrons. The van der Waals surface area contributed by atoms with Gasteiger partial charge in [-0.05, 0) is 18.2 Å². The third kappa shape index (κ3) is 4.01. The van der Waals surface area contributed by atoms with Gasteiger partial charge < -0.3 is 5.73 Å². The van der Waals surface area contributed by atoms with Crippen LogP contribution in [0, 0.1) is 0 Å². The van der Waals surface area contributed by atoms with Gasteiger partial charge in [-0.15, -0.1) is 0 Å². The quantitative estimate of drug-likeness (QED) is 0.675. The zero-order valence-corrected chi connectivity index (χ0v) is 9.83. The summed E-state index contributed by atoms with van der Waals surface area (Å²) in [6, 6.07) is 1.06. The maximum Gasteiger partial charge on any atom is 0.416 e. The predicted octanol–water partition coefficient (Wildman–Crippen LogP) is 2.62. The van der Waals surface area contributed by atoms with Gasteiger partial charge in [-0.1, -0.05) is 0 Å². The monoisotopic (exact) mass is 307 g/mol. The van der Waals surface area contributed by atoms with Gasteiger partial charge in [0.25, 0.3) is 0 Å². The Morgan fingerprint density at radius 1 is 1.05 bits per heavy atom. The number of nitrogens with two attached hydrogens (primary N) is 1. The van der Waals surface area contributed by atoms with Crippen molar-refractivity contribution in [1.29, 1.82) is 0 Å². The van der Waals surface area contributed by atoms with Crippen LogP contribution >= 0.6 is 0 Å². The van der Waals surface area contributed by atoms with Crippen LogP contribution in [0.5, 0.6) is 0 Å². The van der Waals surface area contributed by atoms with Crippen LogP contribution in [0.1, 0.15) is 5.56 Å². The summed E-state index contributed by atoms with van der Waals surface area (Å²) in [6.07, 6.45) is -9.77. The molecule has 0 saturated heterocycles. The molecule has 3 nitrogen and oxygen atoms in total. The number of halogens is 6. The first-order chi connectivity index (χ1) is 8.33. The van der Waals surface area contributed by atoms with Gasteiger partial charge >= 0.3 is 12.4 Å². The molecule has 0 aliphatic carbocycles. The summed E-state index contributed by atoms with van der Waals surface area (Å²) >= 11 is 0. The first kappa shape index (κ1) is 15.6. The highest BCUT2D eigenvalue weighted by Gasteiger charge is 2.38. The standard InChI is InChI=1S/C9H7F6NO2S/c10-8(11,12)4-19(17,18)7-2-1-5(3-6(7)16)9(13,14)15/h1-3H,4,16H2. The van der Waals surface area contributed by atoms with Crippen molar-refractivity contribution in [3.63, 3.8) is 0 Å². The highest BCUT2D eigenvalue weighted by molar-refractivity contribution is 7.91. The number of anilines is 1. The third-order valence-electron chi connectivity index (χ3n) is 2.03. The van der Waals surface area contributed by atoms with Gasteiger partial charge in [0.05, 0.1) is 16.1 Å². The summed E-state index contributed by atoms with van der Waals surface area (Å²) in [7, 11) is -4.83. The van der Waals surface area contributed by atoms with Gasteiger partial charge in [-0.3, -0.25) is 0 Å². The van der Waals surface area contributed by atoms with E-state index in [4.69, 9.17) is 5.73 Å². The molecular weight excluding hydrogens is 300 g/mol. The Labute approximate surface area is 103 Å². The number of nitrogen functional groups attached to an aromatic ring is 1. The minimum Gasteiger partial charge on any atom is -0.398 e. The largest absolute Gasteiger partial charge is 0.416 e. The number of rotatable bonds is 2. The lowest BCUT2D eigenvalue weighted by Crippen LogP contribution is -2.23. The Balaban J connectivity index is 3.24. The molecule has 0 fully saturated rings. The van der Waals surface area contributed by atoms with Crippen molar-refractivity contribution in [2.45, 2.75) is 17.2 Å². The molecule has 0 unspecified atom stereocenters. The number of hydrogen-bond acceptors (Lipinski definition) is 3. The lowest BCUT2D eigenvalue weighted by molar-refractivity contribution is -0.137. The molecule has 19 heavy (non-hydrogen) atoms. The summed E-state index contributed by atoms with van der Waals surface area (Å²) in [5, 5.41) is 0. The molecule has 0 bridgehead atoms. The third-order valence-corrected chi connectivity index (χ3v) is 3.78. The topological polar surface area (TPSA) is 60.2 Å². The summed E-state index contributed by atoms with van der Waals surface area (Å²) in [4.78, 5) is -0.974. The second kappa shape index (κ2) is 4.58. The van der Waals surface area contributed by atoms with Gasteiger partial charge in [0.15, 0.2) is 15.6 Å². The van der Waals surface area contributed by atoms with E-state index in [0.29, 0.717) is 12.1 Å². The maximum absolute atomic E-state index is 12.3. The average molecular weight is 307 g/mol. The zero-order chi connectivity index (χ0) is 15.1. The fraction of sp³-hybridized carbons (Fsp3) is 0.333. The van der Waals surface area contributed by atoms with E-state index < -0.39 is 44.1 Å². The van der Waals surface area contributed by atoms with E-state index in [1.54, 1.807) is 0 Å². The summed E-state index contributed by atoms with van der Waals surface area (Å²) in [5.41, 5.74) is 2.96. The Morgan fingerprint density at radius 2 is 1.58 bits per heavy atom. The van der Waals surface area contributed by atoms with E-state index in [1.165, 1.54) is 0 Å². The molecular formula is C9H7F6NO2S. The second-order valence-electron chi connectivity index (χ2n) is 3.62. The van der Waals surface area contributed by atoms with E-state index in [9.17, 15) is 34.8 Å². The van der Waals surface area contributed by atoms with Gasteiger partial charge in [-0.2, -0.15) is 26.3 Å². The molecule has 0 amide bonds. The summed E-state index contributed by atoms with van der Waals surface area (Å²) in [5.74, 6) is -2.18. The van der Waals surface area contributed by atoms with E-state index in [2.05, 4.69) is 0 Å². The van der Waals surface area contributed by atoms with E-state index in [-0.39, 0.29) is 6.07 Å². The second-order valence-corrected chi connectivity index (χ2v) is 5.58. The Hall–Kier alpha value is -1.45. The van der Waals surface area contributed by atoms with Crippen LogP contribution in [0.15, 0.2) is 23.1 Å². The van der Waals surface area contributed by atoms with Crippen LogP contribution in [0.2, 0.25) is 0 Å². The normalized spacial score (nSPS) is 13.6. The van der Waals surface area contributed by atoms with Crippen LogP contribution in [0.3, 0.4) is 0 Å². The van der Waals surface area contributed by atoms with Crippen molar-refractivity contribution >= 4 is 15.5 Å². The van der Waals surface area contributed by atoms with E-state index in [1.807, 2.05) is 0 Å². The number of alkyl halides is 6. The molecule has 0 spiro atoms. The van der Waals surface area contributed by atoms with Crippen molar-refractivity contribution < 1.29 is 34.8 Å². The molecule has 0 heterocycles. The molecule has 10 heteroatoms. The maximum atomic E-state index is 12.3. The molecule has 1 aromatic carbocycles. The summed E-state index contributed by atoms with van der Waals surface area (Å²) in [6.45, 7) is 0. The average Bonchev–Trinajstić information content (AvgIpc) is 2.11. The van der Waals surface area contributed by atoms with Crippen molar-refractivity contribution in [3.05, 3.63) is 23.8 Å². The number of hydrogen-bond donors (Lipinski definition) is 1. The van der Waals surface area contributed by atoms with Gasteiger partial charge in [0.2, 0.25) is 0 Å². The molecule has 0 saturated carbocycles. The molecule has 2 N–H and O–H groups in total. The minimum absolute atomic E-state index is 0.281. The highest BCUT2D eigenvalue weighted by Crippen LogP contribution is 2.33. The Morgan fingerprint density at radius 3 is 1.95 bits per heavy atom. The van der Waals surface area contributed by atoms with Gasteiger partial charge in [0.1, 0.15) is 0 Å². The SMILES string of the molecule is Nc1cc(C(F)(F)F)ccc1S(=O)(=O)CC(F)(F)F. The molecule has 0 radical (unpaired) electrons. The molecule has 0 aromatic heterocycles. The Bertz CT molecular complexity index is 575.